The van der Waals surface area contributed by atoms with Crippen molar-refractivity contribution in [3.8, 4) is 6.07 Å². The third-order valence-corrected chi connectivity index (χ3v) is 3.10. The van der Waals surface area contributed by atoms with Crippen LogP contribution in [-0.4, -0.2) is 42.0 Å². The molecule has 0 radical (unpaired) electrons. The number of carbonyl (C=O) groups is 1. The number of hydrogen-bond donors (Lipinski definition) is 0. The van der Waals surface area contributed by atoms with Gasteiger partial charge in [0.05, 0.1) is 5.56 Å². The summed E-state index contributed by atoms with van der Waals surface area (Å²) in [6, 6.07) is 5.66. The Balaban J connectivity index is 1.96. The number of aromatic nitrogens is 1. The minimum atomic E-state index is 0.0648. The minimum Gasteiger partial charge on any atom is -0.353 e. The maximum Gasteiger partial charge on any atom is 0.246 e. The lowest BCUT2D eigenvalue weighted by Crippen LogP contribution is -2.48. The average molecular weight is 256 g/mol. The van der Waals surface area contributed by atoms with Crippen molar-refractivity contribution in [2.45, 2.75) is 6.92 Å². The molecule has 0 aromatic carbocycles. The smallest absolute Gasteiger partial charge is 0.246 e. The van der Waals surface area contributed by atoms with E-state index in [0.717, 1.165) is 18.9 Å². The van der Waals surface area contributed by atoms with Gasteiger partial charge in [-0.25, -0.2) is 4.98 Å². The van der Waals surface area contributed by atoms with E-state index in [0.29, 0.717) is 18.7 Å². The van der Waals surface area contributed by atoms with Crippen LogP contribution < -0.4 is 4.90 Å². The molecule has 2 heterocycles. The van der Waals surface area contributed by atoms with Crippen molar-refractivity contribution < 1.29 is 4.79 Å². The molecule has 1 amide bonds. The number of carbonyl (C=O) groups excluding carboxylic acids is 1. The van der Waals surface area contributed by atoms with Crippen LogP contribution in [0.3, 0.4) is 0 Å². The second kappa shape index (κ2) is 6.01. The van der Waals surface area contributed by atoms with Crippen molar-refractivity contribution in [2.75, 3.05) is 31.1 Å². The van der Waals surface area contributed by atoms with E-state index in [1.54, 1.807) is 24.4 Å². The first-order valence-corrected chi connectivity index (χ1v) is 6.27. The van der Waals surface area contributed by atoms with Gasteiger partial charge >= 0.3 is 0 Å². The van der Waals surface area contributed by atoms with E-state index in [4.69, 9.17) is 5.26 Å². The normalized spacial score (nSPS) is 15.6. The molecule has 0 saturated carbocycles. The fourth-order valence-corrected chi connectivity index (χ4v) is 2.04. The highest BCUT2D eigenvalue weighted by Crippen LogP contribution is 2.14. The lowest BCUT2D eigenvalue weighted by atomic mass is 10.2. The number of nitriles is 1. The van der Waals surface area contributed by atoms with Crippen molar-refractivity contribution in [2.24, 2.45) is 0 Å². The Bertz CT molecular complexity index is 507. The molecule has 2 rings (SSSR count). The number of allylic oxidation sites excluding steroid dienone is 1. The number of nitrogens with zero attached hydrogens (tertiary/aromatic N) is 4. The fourth-order valence-electron chi connectivity index (χ4n) is 2.04. The Morgan fingerprint density at radius 3 is 2.63 bits per heavy atom. The molecular formula is C14H16N4O. The summed E-state index contributed by atoms with van der Waals surface area (Å²) in [5.41, 5.74) is 0.561. The second-order valence-electron chi connectivity index (χ2n) is 4.33. The van der Waals surface area contributed by atoms with Crippen LogP contribution in [0.4, 0.5) is 5.82 Å². The molecule has 1 saturated heterocycles. The molecule has 1 aliphatic rings. The molecule has 1 aromatic heterocycles. The lowest BCUT2D eigenvalue weighted by molar-refractivity contribution is -0.126. The number of hydrogen-bond acceptors (Lipinski definition) is 4. The average Bonchev–Trinajstić information content (AvgIpc) is 2.48. The largest absolute Gasteiger partial charge is 0.353 e. The summed E-state index contributed by atoms with van der Waals surface area (Å²) < 4.78 is 0. The summed E-state index contributed by atoms with van der Waals surface area (Å²) in [7, 11) is 0. The number of pyridine rings is 1. The zero-order valence-corrected chi connectivity index (χ0v) is 10.9. The highest BCUT2D eigenvalue weighted by Gasteiger charge is 2.20. The van der Waals surface area contributed by atoms with Crippen molar-refractivity contribution in [1.82, 2.24) is 9.88 Å². The topological polar surface area (TPSA) is 60.2 Å². The van der Waals surface area contributed by atoms with Gasteiger partial charge in [0.1, 0.15) is 11.9 Å². The molecule has 0 aliphatic carbocycles. The Labute approximate surface area is 112 Å². The third-order valence-electron chi connectivity index (χ3n) is 3.10. The summed E-state index contributed by atoms with van der Waals surface area (Å²) in [6.45, 7) is 4.77. The van der Waals surface area contributed by atoms with Crippen molar-refractivity contribution in [3.05, 3.63) is 36.0 Å². The quantitative estimate of drug-likeness (QED) is 0.745. The predicted octanol–water partition coefficient (Wildman–Crippen LogP) is 1.18. The fraction of sp³-hybridized carbons (Fsp3) is 0.357. The zero-order chi connectivity index (χ0) is 13.7. The summed E-state index contributed by atoms with van der Waals surface area (Å²) in [6.07, 6.45) is 4.93. The van der Waals surface area contributed by atoms with E-state index < -0.39 is 0 Å². The highest BCUT2D eigenvalue weighted by atomic mass is 16.2. The molecular weight excluding hydrogens is 240 g/mol. The molecule has 0 spiro atoms. The molecule has 0 N–H and O–H groups in total. The van der Waals surface area contributed by atoms with Gasteiger partial charge in [0.2, 0.25) is 5.91 Å². The first kappa shape index (κ1) is 13.1. The molecule has 1 fully saturated rings. The van der Waals surface area contributed by atoms with Crippen molar-refractivity contribution in [3.63, 3.8) is 0 Å². The maximum atomic E-state index is 11.7. The third kappa shape index (κ3) is 3.10. The summed E-state index contributed by atoms with van der Waals surface area (Å²) in [5.74, 6) is 0.923. The van der Waals surface area contributed by atoms with E-state index >= 15 is 0 Å². The van der Waals surface area contributed by atoms with Crippen LogP contribution in [0, 0.1) is 11.3 Å². The van der Waals surface area contributed by atoms with Gasteiger partial charge < -0.3 is 9.80 Å². The van der Waals surface area contributed by atoms with Gasteiger partial charge in [0.15, 0.2) is 0 Å². The molecule has 5 heteroatoms. The summed E-state index contributed by atoms with van der Waals surface area (Å²) in [5, 5.41) is 8.73. The molecule has 0 atom stereocenters. The first-order valence-electron chi connectivity index (χ1n) is 6.27. The maximum absolute atomic E-state index is 11.7. The highest BCUT2D eigenvalue weighted by molar-refractivity contribution is 5.87. The van der Waals surface area contributed by atoms with Crippen LogP contribution in [-0.2, 0) is 4.79 Å². The molecule has 0 bridgehead atoms. The van der Waals surface area contributed by atoms with Crippen LogP contribution in [0.15, 0.2) is 30.5 Å². The minimum absolute atomic E-state index is 0.0648. The van der Waals surface area contributed by atoms with Gasteiger partial charge in [-0.15, -0.1) is 0 Å². The monoisotopic (exact) mass is 256 g/mol. The number of rotatable bonds is 2. The van der Waals surface area contributed by atoms with E-state index in [9.17, 15) is 4.79 Å². The number of piperazine rings is 1. The first-order chi connectivity index (χ1) is 9.24. The lowest BCUT2D eigenvalue weighted by Gasteiger charge is -2.34. The summed E-state index contributed by atoms with van der Waals surface area (Å²) in [4.78, 5) is 19.9. The van der Waals surface area contributed by atoms with Crippen LogP contribution in [0.2, 0.25) is 0 Å². The SMILES string of the molecule is CC=CC(=O)N1CCN(c2ccc(C#N)cn2)CC1. The van der Waals surface area contributed by atoms with Gasteiger partial charge in [-0.3, -0.25) is 4.79 Å². The predicted molar refractivity (Wildman–Crippen MR) is 72.6 cm³/mol. The molecule has 98 valence electrons. The summed E-state index contributed by atoms with van der Waals surface area (Å²) >= 11 is 0. The van der Waals surface area contributed by atoms with Crippen LogP contribution >= 0.6 is 0 Å². The Morgan fingerprint density at radius 1 is 1.37 bits per heavy atom. The number of amides is 1. The molecule has 0 unspecified atom stereocenters. The zero-order valence-electron chi connectivity index (χ0n) is 10.9. The van der Waals surface area contributed by atoms with Gasteiger partial charge in [-0.1, -0.05) is 6.08 Å². The van der Waals surface area contributed by atoms with Crippen LogP contribution in [0.1, 0.15) is 12.5 Å². The molecule has 19 heavy (non-hydrogen) atoms. The van der Waals surface area contributed by atoms with E-state index in [1.165, 1.54) is 0 Å². The Kier molecular flexibility index (Phi) is 4.14. The van der Waals surface area contributed by atoms with Crippen LogP contribution in [0.25, 0.3) is 0 Å². The number of anilines is 1. The van der Waals surface area contributed by atoms with Crippen molar-refractivity contribution >= 4 is 11.7 Å². The van der Waals surface area contributed by atoms with Crippen LogP contribution in [0.5, 0.6) is 0 Å². The van der Waals surface area contributed by atoms with Gasteiger partial charge in [-0.05, 0) is 25.1 Å². The molecule has 1 aliphatic heterocycles. The Hall–Kier alpha value is -2.35. The Morgan fingerprint density at radius 2 is 2.11 bits per heavy atom. The van der Waals surface area contributed by atoms with E-state index in [-0.39, 0.29) is 5.91 Å². The standard InChI is InChI=1S/C14H16N4O/c1-2-3-14(19)18-8-6-17(7-9-18)13-5-4-12(10-15)11-16-13/h2-5,11H,6-9H2,1H3. The van der Waals surface area contributed by atoms with E-state index in [2.05, 4.69) is 16.0 Å². The molecule has 1 aromatic rings. The van der Waals surface area contributed by atoms with Gasteiger partial charge in [0.25, 0.3) is 0 Å². The van der Waals surface area contributed by atoms with Gasteiger partial charge in [0, 0.05) is 32.4 Å². The molecule has 5 nitrogen and oxygen atoms in total. The van der Waals surface area contributed by atoms with E-state index in [1.807, 2.05) is 17.9 Å². The van der Waals surface area contributed by atoms with Gasteiger partial charge in [-0.2, -0.15) is 5.26 Å². The second-order valence-corrected chi connectivity index (χ2v) is 4.33. The van der Waals surface area contributed by atoms with Crippen molar-refractivity contribution in [1.29, 1.82) is 5.26 Å².